The van der Waals surface area contributed by atoms with Crippen LogP contribution >= 0.6 is 0 Å². The van der Waals surface area contributed by atoms with Gasteiger partial charge in [0.15, 0.2) is 0 Å². The maximum absolute atomic E-state index is 12.1. The Morgan fingerprint density at radius 1 is 1.39 bits per heavy atom. The van der Waals surface area contributed by atoms with E-state index in [9.17, 15) is 4.79 Å². The van der Waals surface area contributed by atoms with Crippen molar-refractivity contribution >= 4 is 5.97 Å². The molecule has 1 aliphatic heterocycles. The maximum Gasteiger partial charge on any atom is 0.312 e. The van der Waals surface area contributed by atoms with Crippen molar-refractivity contribution in [2.45, 2.75) is 38.9 Å². The van der Waals surface area contributed by atoms with Crippen molar-refractivity contribution in [1.82, 2.24) is 0 Å². The fourth-order valence-electron chi connectivity index (χ4n) is 1.90. The average molecular weight is 248 g/mol. The normalized spacial score (nSPS) is 20.3. The van der Waals surface area contributed by atoms with Crippen LogP contribution in [0.1, 0.15) is 26.3 Å². The molecule has 1 saturated heterocycles. The zero-order valence-electron chi connectivity index (χ0n) is 11.2. The summed E-state index contributed by atoms with van der Waals surface area (Å²) in [6.07, 6.45) is 0.709. The van der Waals surface area contributed by atoms with Gasteiger partial charge in [0.05, 0.1) is 18.6 Å². The molecule has 0 radical (unpaired) electrons. The van der Waals surface area contributed by atoms with Gasteiger partial charge in [-0.05, 0) is 32.8 Å². The highest BCUT2D eigenvalue weighted by molar-refractivity contribution is 5.74. The predicted molar refractivity (Wildman–Crippen MR) is 69.2 cm³/mol. The van der Waals surface area contributed by atoms with Gasteiger partial charge in [-0.25, -0.2) is 0 Å². The zero-order chi connectivity index (χ0) is 13.2. The van der Waals surface area contributed by atoms with E-state index in [1.807, 2.05) is 51.1 Å². The van der Waals surface area contributed by atoms with Crippen LogP contribution < -0.4 is 0 Å². The van der Waals surface area contributed by atoms with E-state index in [2.05, 4.69) is 0 Å². The van der Waals surface area contributed by atoms with Gasteiger partial charge in [0.25, 0.3) is 0 Å². The smallest absolute Gasteiger partial charge is 0.312 e. The van der Waals surface area contributed by atoms with Gasteiger partial charge in [-0.3, -0.25) is 4.79 Å². The molecule has 0 bridgehead atoms. The lowest BCUT2D eigenvalue weighted by Gasteiger charge is -2.23. The molecule has 0 unspecified atom stereocenters. The molecule has 0 saturated carbocycles. The Kier molecular flexibility index (Phi) is 3.71. The Bertz CT molecular complexity index is 401. The quantitative estimate of drug-likeness (QED) is 0.607. The summed E-state index contributed by atoms with van der Waals surface area (Å²) in [5, 5.41) is 0. The van der Waals surface area contributed by atoms with E-state index in [1.165, 1.54) is 0 Å². The summed E-state index contributed by atoms with van der Waals surface area (Å²) < 4.78 is 10.7. The molecule has 0 N–H and O–H groups in total. The van der Waals surface area contributed by atoms with Gasteiger partial charge in [0.2, 0.25) is 0 Å². The largest absolute Gasteiger partial charge is 0.460 e. The van der Waals surface area contributed by atoms with Crippen LogP contribution in [-0.2, 0) is 20.7 Å². The van der Waals surface area contributed by atoms with Gasteiger partial charge in [-0.1, -0.05) is 30.3 Å². The molecule has 1 fully saturated rings. The van der Waals surface area contributed by atoms with Crippen molar-refractivity contribution in [1.29, 1.82) is 0 Å². The SMILES string of the molecule is CC(C)(C)OC(=O)[C@H](Cc1ccccc1)[C@H]1CO1. The molecule has 3 nitrogen and oxygen atoms in total. The number of hydrogen-bond donors (Lipinski definition) is 0. The van der Waals surface area contributed by atoms with E-state index in [0.717, 1.165) is 5.56 Å². The number of esters is 1. The average Bonchev–Trinajstić information content (AvgIpc) is 3.08. The highest BCUT2D eigenvalue weighted by atomic mass is 16.6. The van der Waals surface area contributed by atoms with E-state index in [0.29, 0.717) is 13.0 Å². The monoisotopic (exact) mass is 248 g/mol. The second kappa shape index (κ2) is 5.11. The van der Waals surface area contributed by atoms with Crippen LogP contribution in [0.2, 0.25) is 0 Å². The summed E-state index contributed by atoms with van der Waals surface area (Å²) in [4.78, 5) is 12.1. The lowest BCUT2D eigenvalue weighted by Crippen LogP contribution is -2.32. The fourth-order valence-corrected chi connectivity index (χ4v) is 1.90. The zero-order valence-corrected chi connectivity index (χ0v) is 11.2. The van der Waals surface area contributed by atoms with Crippen molar-refractivity contribution < 1.29 is 14.3 Å². The number of epoxide rings is 1. The summed E-state index contributed by atoms with van der Waals surface area (Å²) in [5.41, 5.74) is 0.699. The lowest BCUT2D eigenvalue weighted by molar-refractivity contribution is -0.160. The fraction of sp³-hybridized carbons (Fsp3) is 0.533. The van der Waals surface area contributed by atoms with Gasteiger partial charge in [0.1, 0.15) is 5.60 Å². The Balaban J connectivity index is 2.02. The molecule has 0 aliphatic carbocycles. The summed E-state index contributed by atoms with van der Waals surface area (Å²) in [7, 11) is 0. The summed E-state index contributed by atoms with van der Waals surface area (Å²) in [6.45, 7) is 6.32. The van der Waals surface area contributed by atoms with E-state index < -0.39 is 5.60 Å². The van der Waals surface area contributed by atoms with Gasteiger partial charge in [-0.2, -0.15) is 0 Å². The third kappa shape index (κ3) is 3.84. The molecular weight excluding hydrogens is 228 g/mol. The first-order valence-electron chi connectivity index (χ1n) is 6.34. The minimum atomic E-state index is -0.444. The number of ether oxygens (including phenoxy) is 2. The van der Waals surface area contributed by atoms with Gasteiger partial charge in [0, 0.05) is 0 Å². The minimum Gasteiger partial charge on any atom is -0.460 e. The number of carbonyl (C=O) groups is 1. The molecule has 0 amide bonds. The van der Waals surface area contributed by atoms with Crippen LogP contribution in [0.3, 0.4) is 0 Å². The summed E-state index contributed by atoms with van der Waals surface area (Å²) >= 11 is 0. The standard InChI is InChI=1S/C15H20O3/c1-15(2,3)18-14(16)12(13-10-17-13)9-11-7-5-4-6-8-11/h4-8,12-13H,9-10H2,1-3H3/t12-,13-/m1/s1. The predicted octanol–water partition coefficient (Wildman–Crippen LogP) is 2.59. The number of hydrogen-bond acceptors (Lipinski definition) is 3. The lowest BCUT2D eigenvalue weighted by atomic mass is 9.96. The molecule has 98 valence electrons. The first-order chi connectivity index (χ1) is 8.46. The van der Waals surface area contributed by atoms with E-state index >= 15 is 0 Å². The first-order valence-corrected chi connectivity index (χ1v) is 6.34. The van der Waals surface area contributed by atoms with Crippen molar-refractivity contribution in [3.63, 3.8) is 0 Å². The first kappa shape index (κ1) is 13.1. The molecule has 1 aliphatic rings. The van der Waals surface area contributed by atoms with Gasteiger partial charge >= 0.3 is 5.97 Å². The summed E-state index contributed by atoms with van der Waals surface area (Å²) in [6, 6.07) is 9.99. The van der Waals surface area contributed by atoms with Gasteiger partial charge in [-0.15, -0.1) is 0 Å². The minimum absolute atomic E-state index is 0.0278. The van der Waals surface area contributed by atoms with Crippen LogP contribution in [0.4, 0.5) is 0 Å². The molecular formula is C15H20O3. The summed E-state index contributed by atoms with van der Waals surface area (Å²) in [5.74, 6) is -0.347. The molecule has 0 spiro atoms. The molecule has 18 heavy (non-hydrogen) atoms. The van der Waals surface area contributed by atoms with Crippen molar-refractivity contribution in [3.8, 4) is 0 Å². The second-order valence-corrected chi connectivity index (χ2v) is 5.70. The number of rotatable bonds is 4. The maximum atomic E-state index is 12.1. The Morgan fingerprint density at radius 3 is 2.50 bits per heavy atom. The van der Waals surface area contributed by atoms with E-state index in [1.54, 1.807) is 0 Å². The third-order valence-electron chi connectivity index (χ3n) is 2.82. The number of benzene rings is 1. The van der Waals surface area contributed by atoms with Crippen LogP contribution in [0.25, 0.3) is 0 Å². The molecule has 1 heterocycles. The third-order valence-corrected chi connectivity index (χ3v) is 2.82. The van der Waals surface area contributed by atoms with Crippen LogP contribution in [0.5, 0.6) is 0 Å². The van der Waals surface area contributed by atoms with Crippen LogP contribution in [0.15, 0.2) is 30.3 Å². The van der Waals surface area contributed by atoms with Crippen LogP contribution in [0, 0.1) is 5.92 Å². The Hall–Kier alpha value is -1.35. The van der Waals surface area contributed by atoms with E-state index in [4.69, 9.17) is 9.47 Å². The second-order valence-electron chi connectivity index (χ2n) is 5.70. The molecule has 1 aromatic rings. The highest BCUT2D eigenvalue weighted by Gasteiger charge is 2.40. The van der Waals surface area contributed by atoms with Crippen molar-refractivity contribution in [3.05, 3.63) is 35.9 Å². The van der Waals surface area contributed by atoms with Gasteiger partial charge < -0.3 is 9.47 Å². The van der Waals surface area contributed by atoms with Crippen LogP contribution in [-0.4, -0.2) is 24.3 Å². The highest BCUT2D eigenvalue weighted by Crippen LogP contribution is 2.26. The Labute approximate surface area is 108 Å². The van der Waals surface area contributed by atoms with Crippen molar-refractivity contribution in [2.75, 3.05) is 6.61 Å². The number of carbonyl (C=O) groups excluding carboxylic acids is 1. The Morgan fingerprint density at radius 2 is 2.00 bits per heavy atom. The molecule has 2 rings (SSSR count). The molecule has 0 aromatic heterocycles. The molecule has 2 atom stereocenters. The molecule has 3 heteroatoms. The van der Waals surface area contributed by atoms with E-state index in [-0.39, 0.29) is 18.0 Å². The van der Waals surface area contributed by atoms with Crippen molar-refractivity contribution in [2.24, 2.45) is 5.92 Å². The topological polar surface area (TPSA) is 38.8 Å². The molecule has 1 aromatic carbocycles.